The highest BCUT2D eigenvalue weighted by Gasteiger charge is 2.16. The van der Waals surface area contributed by atoms with Gasteiger partial charge in [0.2, 0.25) is 0 Å². The van der Waals surface area contributed by atoms with E-state index in [0.29, 0.717) is 12.8 Å². The molecule has 0 spiro atoms. The number of hydrogen-bond acceptors (Lipinski definition) is 5. The van der Waals surface area contributed by atoms with Gasteiger partial charge in [-0.3, -0.25) is 9.59 Å². The van der Waals surface area contributed by atoms with Crippen molar-refractivity contribution in [3.05, 3.63) is 85.1 Å². The van der Waals surface area contributed by atoms with Crippen molar-refractivity contribution in [1.29, 1.82) is 0 Å². The SMILES string of the molecule is CC/C=C\C/C=C\C/C=C\C/C=C\CCCCC(=O)OC(CO)COC(=O)CCCCCCCCCCCCCCCCCCCCCCCC/C=C\C/C=C\C/C=C\CCCCCCC. The third-order valence-electron chi connectivity index (χ3n) is 12.2. The predicted octanol–water partition coefficient (Wildman–Crippen LogP) is 19.0. The highest BCUT2D eigenvalue weighted by Crippen LogP contribution is 2.16. The number of carbonyl (C=O) groups excluding carboxylic acids is 2. The van der Waals surface area contributed by atoms with Crippen LogP contribution < -0.4 is 0 Å². The molecule has 0 bridgehead atoms. The zero-order valence-corrected chi connectivity index (χ0v) is 43.4. The molecule has 0 rings (SSSR count). The van der Waals surface area contributed by atoms with Crippen molar-refractivity contribution in [2.24, 2.45) is 0 Å². The molecule has 0 amide bonds. The summed E-state index contributed by atoms with van der Waals surface area (Å²) in [6.45, 7) is 3.99. The van der Waals surface area contributed by atoms with Gasteiger partial charge >= 0.3 is 11.9 Å². The van der Waals surface area contributed by atoms with E-state index in [-0.39, 0.29) is 25.2 Å². The minimum Gasteiger partial charge on any atom is -0.462 e. The van der Waals surface area contributed by atoms with Gasteiger partial charge in [0.15, 0.2) is 6.10 Å². The Kier molecular flexibility index (Phi) is 53.9. The molecule has 0 heterocycles. The maximum absolute atomic E-state index is 12.2. The average Bonchev–Trinajstić information content (AvgIpc) is 3.32. The van der Waals surface area contributed by atoms with Crippen LogP contribution in [-0.2, 0) is 19.1 Å². The molecule has 0 aromatic rings. The molecule has 0 radical (unpaired) electrons. The summed E-state index contributed by atoms with van der Waals surface area (Å²) in [6.07, 6.45) is 78.6. The number of aliphatic hydroxyl groups is 1. The first-order valence-electron chi connectivity index (χ1n) is 28.1. The molecule has 0 aliphatic heterocycles. The summed E-state index contributed by atoms with van der Waals surface area (Å²) in [4.78, 5) is 24.4. The first kappa shape index (κ1) is 63.1. The summed E-state index contributed by atoms with van der Waals surface area (Å²) in [5.74, 6) is -0.635. The van der Waals surface area contributed by atoms with Crippen LogP contribution in [0.3, 0.4) is 0 Å². The number of rotatable bonds is 51. The lowest BCUT2D eigenvalue weighted by Crippen LogP contribution is -2.28. The Hall–Kier alpha value is -2.92. The van der Waals surface area contributed by atoms with E-state index in [2.05, 4.69) is 98.9 Å². The molecule has 0 aromatic carbocycles. The van der Waals surface area contributed by atoms with Crippen molar-refractivity contribution >= 4 is 11.9 Å². The van der Waals surface area contributed by atoms with Crippen molar-refractivity contribution in [1.82, 2.24) is 0 Å². The normalized spacial score (nSPS) is 12.8. The maximum Gasteiger partial charge on any atom is 0.306 e. The second-order valence-electron chi connectivity index (χ2n) is 18.6. The molecule has 0 saturated carbocycles. The molecule has 1 N–H and O–H groups in total. The Morgan fingerprint density at radius 1 is 0.364 bits per heavy atom. The number of hydrogen-bond donors (Lipinski definition) is 1. The molecule has 1 unspecified atom stereocenters. The molecule has 0 saturated heterocycles. The highest BCUT2D eigenvalue weighted by atomic mass is 16.6. The molecule has 380 valence electrons. The van der Waals surface area contributed by atoms with Crippen LogP contribution in [0.5, 0.6) is 0 Å². The molecule has 0 aliphatic carbocycles. The van der Waals surface area contributed by atoms with Gasteiger partial charge in [0, 0.05) is 12.8 Å². The van der Waals surface area contributed by atoms with E-state index in [9.17, 15) is 14.7 Å². The minimum absolute atomic E-state index is 0.0837. The molecule has 0 fully saturated rings. The van der Waals surface area contributed by atoms with Crippen molar-refractivity contribution in [2.75, 3.05) is 13.2 Å². The fourth-order valence-electron chi connectivity index (χ4n) is 7.97. The van der Waals surface area contributed by atoms with E-state index >= 15 is 0 Å². The largest absolute Gasteiger partial charge is 0.462 e. The second kappa shape index (κ2) is 56.4. The van der Waals surface area contributed by atoms with Gasteiger partial charge in [0.25, 0.3) is 0 Å². The van der Waals surface area contributed by atoms with Crippen LogP contribution in [0.4, 0.5) is 0 Å². The molecule has 0 aliphatic rings. The van der Waals surface area contributed by atoms with E-state index in [1.807, 2.05) is 0 Å². The number of ether oxygens (including phenoxy) is 2. The Morgan fingerprint density at radius 2 is 0.652 bits per heavy atom. The van der Waals surface area contributed by atoms with Crippen molar-refractivity contribution in [3.8, 4) is 0 Å². The summed E-state index contributed by atoms with van der Waals surface area (Å²) in [5.41, 5.74) is 0. The van der Waals surface area contributed by atoms with Gasteiger partial charge in [-0.2, -0.15) is 0 Å². The molecular weight excluding hydrogens is 813 g/mol. The second-order valence-corrected chi connectivity index (χ2v) is 18.6. The monoisotopic (exact) mass is 919 g/mol. The summed E-state index contributed by atoms with van der Waals surface area (Å²) in [7, 11) is 0. The van der Waals surface area contributed by atoms with Crippen LogP contribution in [-0.4, -0.2) is 36.4 Å². The van der Waals surface area contributed by atoms with Crippen LogP contribution in [0.25, 0.3) is 0 Å². The summed E-state index contributed by atoms with van der Waals surface area (Å²) in [5, 5.41) is 9.61. The molecular formula is C61H106O5. The quantitative estimate of drug-likeness (QED) is 0.0374. The van der Waals surface area contributed by atoms with E-state index in [1.165, 1.54) is 167 Å². The van der Waals surface area contributed by atoms with Gasteiger partial charge in [-0.15, -0.1) is 0 Å². The van der Waals surface area contributed by atoms with E-state index < -0.39 is 6.10 Å². The number of unbranched alkanes of at least 4 members (excludes halogenated alkanes) is 29. The lowest BCUT2D eigenvalue weighted by atomic mass is 10.0. The molecule has 5 heteroatoms. The van der Waals surface area contributed by atoms with Crippen LogP contribution in [0.15, 0.2) is 85.1 Å². The Labute approximate surface area is 409 Å². The van der Waals surface area contributed by atoms with Crippen LogP contribution in [0.1, 0.15) is 271 Å². The first-order valence-corrected chi connectivity index (χ1v) is 28.1. The summed E-state index contributed by atoms with van der Waals surface area (Å²) < 4.78 is 10.6. The van der Waals surface area contributed by atoms with Gasteiger partial charge in [-0.05, 0) is 89.9 Å². The predicted molar refractivity (Wildman–Crippen MR) is 288 cm³/mol. The lowest BCUT2D eigenvalue weighted by molar-refractivity contribution is -0.161. The zero-order valence-electron chi connectivity index (χ0n) is 43.4. The van der Waals surface area contributed by atoms with Crippen LogP contribution in [0, 0.1) is 0 Å². The van der Waals surface area contributed by atoms with Gasteiger partial charge in [-0.1, -0.05) is 253 Å². The van der Waals surface area contributed by atoms with Crippen molar-refractivity contribution < 1.29 is 24.2 Å². The third-order valence-corrected chi connectivity index (χ3v) is 12.2. The summed E-state index contributed by atoms with van der Waals surface area (Å²) >= 11 is 0. The number of carbonyl (C=O) groups is 2. The number of esters is 2. The highest BCUT2D eigenvalue weighted by molar-refractivity contribution is 5.70. The van der Waals surface area contributed by atoms with Crippen LogP contribution in [0.2, 0.25) is 0 Å². The first-order chi connectivity index (χ1) is 32.6. The fourth-order valence-corrected chi connectivity index (χ4v) is 7.97. The van der Waals surface area contributed by atoms with Crippen LogP contribution >= 0.6 is 0 Å². The molecule has 66 heavy (non-hydrogen) atoms. The standard InChI is InChI=1S/C61H106O5/c1-3-5-7-9-11-13-15-17-19-20-21-22-23-24-25-26-27-28-29-30-31-32-33-34-35-36-37-38-39-40-42-43-45-47-49-51-53-55-60(63)65-58-59(57-62)66-61(64)56-54-52-50-48-46-44-41-18-16-14-12-10-8-6-4-2/h6,8,12,14-15,17-18,20-21,23-24,41,46,48,59,62H,3-5,7,9-11,13,16,19,22,25-40,42-45,47,49-58H2,1-2H3/b8-6-,14-12-,17-15-,21-20-,24-23-,41-18-,48-46-. The molecule has 5 nitrogen and oxygen atoms in total. The molecule has 1 atom stereocenters. The van der Waals surface area contributed by atoms with E-state index in [1.54, 1.807) is 0 Å². The zero-order chi connectivity index (χ0) is 47.7. The van der Waals surface area contributed by atoms with Crippen molar-refractivity contribution in [3.63, 3.8) is 0 Å². The Balaban J connectivity index is 3.44. The smallest absolute Gasteiger partial charge is 0.306 e. The van der Waals surface area contributed by atoms with Gasteiger partial charge in [0.1, 0.15) is 6.61 Å². The Bertz CT molecular complexity index is 1220. The minimum atomic E-state index is -0.796. The maximum atomic E-state index is 12.2. The van der Waals surface area contributed by atoms with Gasteiger partial charge < -0.3 is 14.6 Å². The van der Waals surface area contributed by atoms with Gasteiger partial charge in [0.05, 0.1) is 6.61 Å². The Morgan fingerprint density at radius 3 is 1.02 bits per heavy atom. The third kappa shape index (κ3) is 53.7. The molecule has 0 aromatic heterocycles. The van der Waals surface area contributed by atoms with Gasteiger partial charge in [-0.25, -0.2) is 0 Å². The van der Waals surface area contributed by atoms with Crippen molar-refractivity contribution in [2.45, 2.75) is 277 Å². The lowest BCUT2D eigenvalue weighted by Gasteiger charge is -2.15. The number of allylic oxidation sites excluding steroid dienone is 14. The fraction of sp³-hybridized carbons (Fsp3) is 0.738. The topological polar surface area (TPSA) is 72.8 Å². The summed E-state index contributed by atoms with van der Waals surface area (Å²) in [6, 6.07) is 0. The number of aliphatic hydroxyl groups excluding tert-OH is 1. The van der Waals surface area contributed by atoms with E-state index in [0.717, 1.165) is 77.0 Å². The van der Waals surface area contributed by atoms with E-state index in [4.69, 9.17) is 9.47 Å². The average molecular weight is 920 g/mol.